The molecule has 0 aliphatic rings. The molecule has 0 saturated carbocycles. The van der Waals surface area contributed by atoms with Crippen LogP contribution in [-0.2, 0) is 0 Å². The average Bonchev–Trinajstić information content (AvgIpc) is 2.44. The highest BCUT2D eigenvalue weighted by Gasteiger charge is 2.09. The molecule has 0 heterocycles. The van der Waals surface area contributed by atoms with Crippen LogP contribution in [-0.4, -0.2) is 18.0 Å². The molecule has 1 aromatic rings. The Morgan fingerprint density at radius 3 is 2.26 bits per heavy atom. The third-order valence-electron chi connectivity index (χ3n) is 2.70. The average molecular weight is 259 g/mol. The van der Waals surface area contributed by atoms with Crippen molar-refractivity contribution in [1.29, 1.82) is 0 Å². The first kappa shape index (κ1) is 15.4. The van der Waals surface area contributed by atoms with E-state index in [1.807, 2.05) is 55.5 Å². The van der Waals surface area contributed by atoms with E-state index in [9.17, 15) is 0 Å². The first-order chi connectivity index (χ1) is 9.31. The van der Waals surface area contributed by atoms with Crippen molar-refractivity contribution in [3.8, 4) is 5.75 Å². The van der Waals surface area contributed by atoms with Crippen LogP contribution >= 0.6 is 0 Å². The van der Waals surface area contributed by atoms with Gasteiger partial charge in [0.05, 0.1) is 0 Å². The molecule has 1 rings (SSSR count). The van der Waals surface area contributed by atoms with Gasteiger partial charge in [0.2, 0.25) is 0 Å². The summed E-state index contributed by atoms with van der Waals surface area (Å²) >= 11 is 0. The molecule has 0 radical (unpaired) electrons. The van der Waals surface area contributed by atoms with Crippen LogP contribution < -0.4 is 4.74 Å². The van der Waals surface area contributed by atoms with Crippen molar-refractivity contribution >= 4 is 0 Å². The molecule has 19 heavy (non-hydrogen) atoms. The highest BCUT2D eigenvalue weighted by Crippen LogP contribution is 2.16. The predicted molar refractivity (Wildman–Crippen MR) is 82.1 cm³/mol. The lowest BCUT2D eigenvalue weighted by atomic mass is 10.3. The van der Waals surface area contributed by atoms with Crippen LogP contribution in [0.4, 0.5) is 0 Å². The quantitative estimate of drug-likeness (QED) is 0.499. The number of ether oxygens (including phenoxy) is 1. The van der Waals surface area contributed by atoms with Gasteiger partial charge in [-0.2, -0.15) is 0 Å². The third kappa shape index (κ3) is 5.64. The Morgan fingerprint density at radius 1 is 1.11 bits per heavy atom. The fraction of sp³-hybridized carbons (Fsp3) is 0.412. The standard InChI is InChI=1S/C17H25NO/c1-4-7-13-17(18(14-5-2)15-6-3)19-16-11-9-8-10-12-16/h4,7-13H,5-6,14-15H2,1-3H3/b7-4-,17-13+. The van der Waals surface area contributed by atoms with E-state index in [1.54, 1.807) is 0 Å². The maximum absolute atomic E-state index is 6.02. The van der Waals surface area contributed by atoms with Crippen molar-refractivity contribution < 1.29 is 4.74 Å². The fourth-order valence-electron chi connectivity index (χ4n) is 1.86. The largest absolute Gasteiger partial charge is 0.441 e. The van der Waals surface area contributed by atoms with E-state index in [0.717, 1.165) is 37.6 Å². The molecule has 0 fully saturated rings. The van der Waals surface area contributed by atoms with Crippen LogP contribution in [0, 0.1) is 0 Å². The SMILES string of the molecule is C/C=C\C=C(\Oc1ccccc1)N(CCC)CCC. The van der Waals surface area contributed by atoms with E-state index >= 15 is 0 Å². The van der Waals surface area contributed by atoms with Crippen LogP contribution in [0.2, 0.25) is 0 Å². The van der Waals surface area contributed by atoms with Gasteiger partial charge in [0.1, 0.15) is 5.75 Å². The summed E-state index contributed by atoms with van der Waals surface area (Å²) in [5.74, 6) is 1.81. The molecule has 0 saturated heterocycles. The molecule has 0 aliphatic carbocycles. The Hall–Kier alpha value is -1.70. The van der Waals surface area contributed by atoms with Crippen molar-refractivity contribution in [2.24, 2.45) is 0 Å². The van der Waals surface area contributed by atoms with Gasteiger partial charge < -0.3 is 9.64 Å². The van der Waals surface area contributed by atoms with E-state index < -0.39 is 0 Å². The molecule has 0 bridgehead atoms. The zero-order chi connectivity index (χ0) is 13.9. The summed E-state index contributed by atoms with van der Waals surface area (Å²) in [4.78, 5) is 2.30. The summed E-state index contributed by atoms with van der Waals surface area (Å²) in [5, 5.41) is 0. The number of para-hydroxylation sites is 1. The zero-order valence-corrected chi connectivity index (χ0v) is 12.3. The van der Waals surface area contributed by atoms with E-state index in [2.05, 4.69) is 18.7 Å². The van der Waals surface area contributed by atoms with Gasteiger partial charge >= 0.3 is 0 Å². The second kappa shape index (κ2) is 9.26. The number of hydrogen-bond acceptors (Lipinski definition) is 2. The van der Waals surface area contributed by atoms with Crippen molar-refractivity contribution in [3.63, 3.8) is 0 Å². The smallest absolute Gasteiger partial charge is 0.195 e. The molecule has 0 atom stereocenters. The Morgan fingerprint density at radius 2 is 1.74 bits per heavy atom. The highest BCUT2D eigenvalue weighted by molar-refractivity contribution is 5.24. The van der Waals surface area contributed by atoms with Gasteiger partial charge in [0, 0.05) is 13.1 Å². The van der Waals surface area contributed by atoms with Crippen LogP contribution in [0.1, 0.15) is 33.6 Å². The van der Waals surface area contributed by atoms with Gasteiger partial charge in [-0.3, -0.25) is 0 Å². The first-order valence-corrected chi connectivity index (χ1v) is 7.12. The molecule has 0 aromatic heterocycles. The Balaban J connectivity index is 2.86. The Kier molecular flexibility index (Phi) is 7.48. The summed E-state index contributed by atoms with van der Waals surface area (Å²) in [6.45, 7) is 8.44. The predicted octanol–water partition coefficient (Wildman–Crippen LogP) is 4.60. The number of benzene rings is 1. The highest BCUT2D eigenvalue weighted by atomic mass is 16.5. The van der Waals surface area contributed by atoms with Crippen LogP contribution in [0.5, 0.6) is 5.75 Å². The summed E-state index contributed by atoms with van der Waals surface area (Å²) in [7, 11) is 0. The van der Waals surface area contributed by atoms with Gasteiger partial charge in [0.25, 0.3) is 0 Å². The zero-order valence-electron chi connectivity index (χ0n) is 12.3. The number of hydrogen-bond donors (Lipinski definition) is 0. The summed E-state index contributed by atoms with van der Waals surface area (Å²) in [6, 6.07) is 9.95. The van der Waals surface area contributed by atoms with E-state index in [4.69, 9.17) is 4.74 Å². The second-order valence-corrected chi connectivity index (χ2v) is 4.43. The lowest BCUT2D eigenvalue weighted by molar-refractivity contribution is 0.215. The number of rotatable bonds is 8. The van der Waals surface area contributed by atoms with Gasteiger partial charge in [-0.25, -0.2) is 0 Å². The molecule has 2 nitrogen and oxygen atoms in total. The molecule has 1 aromatic carbocycles. The second-order valence-electron chi connectivity index (χ2n) is 4.43. The Bertz CT molecular complexity index is 389. The third-order valence-corrected chi connectivity index (χ3v) is 2.70. The first-order valence-electron chi connectivity index (χ1n) is 7.12. The van der Waals surface area contributed by atoms with Gasteiger partial charge in [-0.05, 0) is 38.0 Å². The molecule has 2 heteroatoms. The maximum atomic E-state index is 6.02. The Labute approximate surface area is 117 Å². The van der Waals surface area contributed by atoms with Crippen molar-refractivity contribution in [2.75, 3.05) is 13.1 Å². The van der Waals surface area contributed by atoms with E-state index in [0.29, 0.717) is 0 Å². The van der Waals surface area contributed by atoms with Crippen LogP contribution in [0.3, 0.4) is 0 Å². The topological polar surface area (TPSA) is 12.5 Å². The van der Waals surface area contributed by atoms with Gasteiger partial charge in [-0.1, -0.05) is 44.2 Å². The molecular weight excluding hydrogens is 234 g/mol. The summed E-state index contributed by atoms with van der Waals surface area (Å²) in [6.07, 6.45) is 8.32. The van der Waals surface area contributed by atoms with Gasteiger partial charge in [0.15, 0.2) is 5.88 Å². The van der Waals surface area contributed by atoms with Crippen molar-refractivity contribution in [2.45, 2.75) is 33.6 Å². The minimum atomic E-state index is 0.885. The fourth-order valence-corrected chi connectivity index (χ4v) is 1.86. The molecule has 0 N–H and O–H groups in total. The minimum absolute atomic E-state index is 0.885. The molecule has 0 amide bonds. The molecule has 104 valence electrons. The normalized spacial score (nSPS) is 11.8. The molecule has 0 spiro atoms. The van der Waals surface area contributed by atoms with Gasteiger partial charge in [-0.15, -0.1) is 0 Å². The summed E-state index contributed by atoms with van der Waals surface area (Å²) in [5.41, 5.74) is 0. The van der Waals surface area contributed by atoms with Crippen LogP contribution in [0.25, 0.3) is 0 Å². The maximum Gasteiger partial charge on any atom is 0.195 e. The van der Waals surface area contributed by atoms with Crippen molar-refractivity contribution in [3.05, 3.63) is 54.4 Å². The van der Waals surface area contributed by atoms with Crippen molar-refractivity contribution in [1.82, 2.24) is 4.90 Å². The minimum Gasteiger partial charge on any atom is -0.441 e. The molecule has 0 unspecified atom stereocenters. The number of allylic oxidation sites excluding steroid dienone is 3. The molecular formula is C17H25NO. The lowest BCUT2D eigenvalue weighted by Gasteiger charge is -2.26. The molecule has 0 aliphatic heterocycles. The number of nitrogens with zero attached hydrogens (tertiary/aromatic N) is 1. The van der Waals surface area contributed by atoms with E-state index in [1.165, 1.54) is 0 Å². The monoisotopic (exact) mass is 259 g/mol. The summed E-state index contributed by atoms with van der Waals surface area (Å²) < 4.78 is 6.02. The lowest BCUT2D eigenvalue weighted by Crippen LogP contribution is -2.27. The van der Waals surface area contributed by atoms with Crippen LogP contribution in [0.15, 0.2) is 54.4 Å². The van der Waals surface area contributed by atoms with E-state index in [-0.39, 0.29) is 0 Å².